The molecule has 2 N–H and O–H groups in total. The van der Waals surface area contributed by atoms with Crippen molar-refractivity contribution in [2.24, 2.45) is 32.7 Å². The highest BCUT2D eigenvalue weighted by atomic mass is 15.5. The summed E-state index contributed by atoms with van der Waals surface area (Å²) in [5, 5.41) is 6.90. The normalized spacial score (nSPS) is 26.4. The summed E-state index contributed by atoms with van der Waals surface area (Å²) in [4.78, 5) is 9.12. The van der Waals surface area contributed by atoms with Gasteiger partial charge < -0.3 is 5.73 Å². The van der Waals surface area contributed by atoms with Crippen LogP contribution in [0.5, 0.6) is 0 Å². The number of nitrogens with zero attached hydrogens (tertiary/aromatic N) is 4. The van der Waals surface area contributed by atoms with E-state index in [1.165, 1.54) is 51.4 Å². The molecule has 3 aliphatic rings. The Bertz CT molecular complexity index is 502. The van der Waals surface area contributed by atoms with E-state index < -0.39 is 0 Å². The van der Waals surface area contributed by atoms with Crippen molar-refractivity contribution in [2.45, 2.75) is 77.7 Å². The molecule has 0 radical (unpaired) electrons. The number of nitrogens with two attached hydrogens (primary N) is 1. The standard InChI is InChI=1S/C18H31N5/c1-3-7-13(2)10-16-21-17(19)18-20-12-15(23(18)22-16)11-14-8-5-4-6-9-14/h13-15H,3-12H2,1-2H3,(H2,19,21,22). The van der Waals surface area contributed by atoms with Crippen molar-refractivity contribution in [3.63, 3.8) is 0 Å². The van der Waals surface area contributed by atoms with Crippen molar-refractivity contribution < 1.29 is 0 Å². The predicted molar refractivity (Wildman–Crippen MR) is 96.9 cm³/mol. The Morgan fingerprint density at radius 2 is 2.04 bits per heavy atom. The molecule has 0 aromatic rings. The maximum atomic E-state index is 6.15. The van der Waals surface area contributed by atoms with E-state index in [-0.39, 0.29) is 0 Å². The Morgan fingerprint density at radius 1 is 1.26 bits per heavy atom. The summed E-state index contributed by atoms with van der Waals surface area (Å²) in [6.07, 6.45) is 11.4. The zero-order chi connectivity index (χ0) is 16.2. The molecule has 2 unspecified atom stereocenters. The van der Waals surface area contributed by atoms with Gasteiger partial charge in [0.2, 0.25) is 0 Å². The zero-order valence-corrected chi connectivity index (χ0v) is 14.7. The van der Waals surface area contributed by atoms with Gasteiger partial charge in [-0.2, -0.15) is 5.10 Å². The summed E-state index contributed by atoms with van der Waals surface area (Å²) in [7, 11) is 0. The highest BCUT2D eigenvalue weighted by Gasteiger charge is 2.34. The third-order valence-electron chi connectivity index (χ3n) is 5.36. The Labute approximate surface area is 140 Å². The molecule has 2 heterocycles. The SMILES string of the molecule is CCCC(C)CC1=NN2C(=NCC2CC2CCCCC2)C(N)=N1. The van der Waals surface area contributed by atoms with E-state index in [4.69, 9.17) is 10.8 Å². The largest absolute Gasteiger partial charge is 0.381 e. The molecule has 1 fully saturated rings. The van der Waals surface area contributed by atoms with Gasteiger partial charge in [-0.25, -0.2) is 10.0 Å². The zero-order valence-electron chi connectivity index (χ0n) is 14.7. The molecule has 2 aliphatic heterocycles. The van der Waals surface area contributed by atoms with Crippen LogP contribution in [0.1, 0.15) is 71.6 Å². The molecule has 23 heavy (non-hydrogen) atoms. The Morgan fingerprint density at radius 3 is 2.78 bits per heavy atom. The van der Waals surface area contributed by atoms with Crippen LogP contribution in [0.4, 0.5) is 0 Å². The van der Waals surface area contributed by atoms with Crippen LogP contribution in [0.15, 0.2) is 15.1 Å². The molecule has 0 aromatic carbocycles. The van der Waals surface area contributed by atoms with Crippen molar-refractivity contribution in [1.82, 2.24) is 5.01 Å². The first-order chi connectivity index (χ1) is 11.2. The summed E-state index contributed by atoms with van der Waals surface area (Å²) in [5.41, 5.74) is 6.15. The van der Waals surface area contributed by atoms with Crippen molar-refractivity contribution in [2.75, 3.05) is 6.54 Å². The summed E-state index contributed by atoms with van der Waals surface area (Å²) >= 11 is 0. The molecule has 1 aliphatic carbocycles. The van der Waals surface area contributed by atoms with E-state index in [9.17, 15) is 0 Å². The summed E-state index contributed by atoms with van der Waals surface area (Å²) in [6, 6.07) is 0.388. The molecule has 1 saturated carbocycles. The highest BCUT2D eigenvalue weighted by Crippen LogP contribution is 2.31. The van der Waals surface area contributed by atoms with Crippen molar-refractivity contribution in [3.8, 4) is 0 Å². The predicted octanol–water partition coefficient (Wildman–Crippen LogP) is 3.55. The summed E-state index contributed by atoms with van der Waals surface area (Å²) < 4.78 is 0. The lowest BCUT2D eigenvalue weighted by molar-refractivity contribution is 0.251. The average Bonchev–Trinajstić information content (AvgIpc) is 2.92. The van der Waals surface area contributed by atoms with E-state index >= 15 is 0 Å². The third-order valence-corrected chi connectivity index (χ3v) is 5.36. The Hall–Kier alpha value is -1.39. The monoisotopic (exact) mass is 317 g/mol. The fraction of sp³-hybridized carbons (Fsp3) is 0.833. The van der Waals surface area contributed by atoms with Crippen LogP contribution >= 0.6 is 0 Å². The third kappa shape index (κ3) is 3.93. The second-order valence-electron chi connectivity index (χ2n) is 7.51. The molecule has 128 valence electrons. The average molecular weight is 317 g/mol. The van der Waals surface area contributed by atoms with Crippen LogP contribution in [0.25, 0.3) is 0 Å². The van der Waals surface area contributed by atoms with Gasteiger partial charge in [-0.1, -0.05) is 58.8 Å². The molecule has 3 rings (SSSR count). The lowest BCUT2D eigenvalue weighted by atomic mass is 9.85. The molecule has 0 spiro atoms. The number of hydrazone groups is 1. The van der Waals surface area contributed by atoms with Crippen molar-refractivity contribution >= 4 is 17.5 Å². The molecule has 2 atom stereocenters. The van der Waals surface area contributed by atoms with Gasteiger partial charge in [0.25, 0.3) is 0 Å². The first-order valence-electron chi connectivity index (χ1n) is 9.43. The summed E-state index contributed by atoms with van der Waals surface area (Å²) in [5.74, 6) is 3.69. The molecular weight excluding hydrogens is 286 g/mol. The number of fused-ring (bicyclic) bond motifs is 1. The first kappa shape index (κ1) is 16.5. The van der Waals surface area contributed by atoms with Crippen LogP contribution < -0.4 is 5.73 Å². The highest BCUT2D eigenvalue weighted by molar-refractivity contribution is 6.42. The van der Waals surface area contributed by atoms with Crippen LogP contribution in [0, 0.1) is 11.8 Å². The van der Waals surface area contributed by atoms with Crippen molar-refractivity contribution in [1.29, 1.82) is 0 Å². The number of amidine groups is 3. The minimum absolute atomic E-state index is 0.388. The van der Waals surface area contributed by atoms with Gasteiger partial charge in [-0.05, 0) is 18.3 Å². The van der Waals surface area contributed by atoms with Gasteiger partial charge in [0.15, 0.2) is 17.5 Å². The lowest BCUT2D eigenvalue weighted by Crippen LogP contribution is -2.44. The molecule has 0 amide bonds. The van der Waals surface area contributed by atoms with E-state index in [2.05, 4.69) is 28.8 Å². The molecule has 5 nitrogen and oxygen atoms in total. The van der Waals surface area contributed by atoms with E-state index in [0.717, 1.165) is 30.6 Å². The minimum Gasteiger partial charge on any atom is -0.381 e. The Balaban J connectivity index is 1.65. The topological polar surface area (TPSA) is 66.3 Å². The molecule has 0 saturated heterocycles. The van der Waals surface area contributed by atoms with Crippen LogP contribution in [0.3, 0.4) is 0 Å². The second kappa shape index (κ2) is 7.45. The fourth-order valence-electron chi connectivity index (χ4n) is 4.15. The van der Waals surface area contributed by atoms with Crippen LogP contribution in [0.2, 0.25) is 0 Å². The fourth-order valence-corrected chi connectivity index (χ4v) is 4.15. The van der Waals surface area contributed by atoms with E-state index in [1.54, 1.807) is 0 Å². The smallest absolute Gasteiger partial charge is 0.188 e. The minimum atomic E-state index is 0.388. The lowest BCUT2D eigenvalue weighted by Gasteiger charge is -2.30. The number of hydrogen-bond acceptors (Lipinski definition) is 5. The van der Waals surface area contributed by atoms with Crippen LogP contribution in [-0.2, 0) is 0 Å². The maximum Gasteiger partial charge on any atom is 0.188 e. The second-order valence-corrected chi connectivity index (χ2v) is 7.51. The number of aliphatic imine (C=N–C) groups is 2. The molecule has 5 heteroatoms. The molecule has 0 aromatic heterocycles. The van der Waals surface area contributed by atoms with Gasteiger partial charge in [0.1, 0.15) is 0 Å². The van der Waals surface area contributed by atoms with Crippen molar-refractivity contribution in [3.05, 3.63) is 0 Å². The number of rotatable bonds is 6. The van der Waals surface area contributed by atoms with Gasteiger partial charge >= 0.3 is 0 Å². The van der Waals surface area contributed by atoms with E-state index in [0.29, 0.717) is 17.8 Å². The number of hydrogen-bond donors (Lipinski definition) is 1. The van der Waals surface area contributed by atoms with Crippen LogP contribution in [-0.4, -0.2) is 35.1 Å². The molecule has 0 bridgehead atoms. The van der Waals surface area contributed by atoms with Gasteiger partial charge in [0, 0.05) is 6.42 Å². The Kier molecular flexibility index (Phi) is 5.34. The van der Waals surface area contributed by atoms with E-state index in [1.807, 2.05) is 0 Å². The first-order valence-corrected chi connectivity index (χ1v) is 9.43. The summed E-state index contributed by atoms with van der Waals surface area (Å²) in [6.45, 7) is 5.32. The van der Waals surface area contributed by atoms with Gasteiger partial charge in [-0.15, -0.1) is 0 Å². The quantitative estimate of drug-likeness (QED) is 0.814. The maximum absolute atomic E-state index is 6.15. The van der Waals surface area contributed by atoms with Gasteiger partial charge in [-0.3, -0.25) is 4.99 Å². The molecular formula is C18H31N5. The van der Waals surface area contributed by atoms with Gasteiger partial charge in [0.05, 0.1) is 12.6 Å².